The highest BCUT2D eigenvalue weighted by molar-refractivity contribution is 5.70. The van der Waals surface area contributed by atoms with Gasteiger partial charge in [0.1, 0.15) is 11.6 Å². The molecule has 0 radical (unpaired) electrons. The Morgan fingerprint density at radius 2 is 1.96 bits per heavy atom. The third-order valence-corrected chi connectivity index (χ3v) is 4.89. The van der Waals surface area contributed by atoms with E-state index in [0.29, 0.717) is 13.2 Å². The topological polar surface area (TPSA) is 63.5 Å². The van der Waals surface area contributed by atoms with Crippen LogP contribution in [0.2, 0.25) is 0 Å². The lowest BCUT2D eigenvalue weighted by molar-refractivity contribution is 0.210. The van der Waals surface area contributed by atoms with Crippen LogP contribution in [0.1, 0.15) is 42.7 Å². The zero-order valence-electron chi connectivity index (χ0n) is 17.6. The summed E-state index contributed by atoms with van der Waals surface area (Å²) in [6.07, 6.45) is 2.97. The molecule has 0 aliphatic heterocycles. The fourth-order valence-electron chi connectivity index (χ4n) is 3.38. The Morgan fingerprint density at radius 3 is 2.68 bits per heavy atom. The van der Waals surface area contributed by atoms with Crippen LogP contribution in [0.15, 0.2) is 24.3 Å². The van der Waals surface area contributed by atoms with Crippen LogP contribution in [0.4, 0.5) is 17.3 Å². The van der Waals surface area contributed by atoms with Crippen molar-refractivity contribution in [2.75, 3.05) is 30.9 Å². The second-order valence-corrected chi connectivity index (χ2v) is 7.15. The van der Waals surface area contributed by atoms with Crippen molar-refractivity contribution >= 4 is 23.0 Å². The van der Waals surface area contributed by atoms with Gasteiger partial charge in [-0.2, -0.15) is 9.61 Å². The van der Waals surface area contributed by atoms with Gasteiger partial charge in [0, 0.05) is 31.0 Å². The van der Waals surface area contributed by atoms with Gasteiger partial charge in [0.25, 0.3) is 0 Å². The number of hydrogen-bond acceptors (Lipinski definition) is 5. The number of nitrogens with zero attached hydrogens (tertiary/aromatic N) is 3. The summed E-state index contributed by atoms with van der Waals surface area (Å²) in [5.74, 6) is 1.81. The highest BCUT2D eigenvalue weighted by Crippen LogP contribution is 2.28. The van der Waals surface area contributed by atoms with Gasteiger partial charge in [-0.15, -0.1) is 0 Å². The molecule has 2 heterocycles. The molecule has 28 heavy (non-hydrogen) atoms. The fraction of sp³-hybridized carbons (Fsp3) is 0.455. The average Bonchev–Trinajstić information content (AvgIpc) is 3.08. The number of fused-ring (bicyclic) bond motifs is 1. The van der Waals surface area contributed by atoms with Crippen LogP contribution in [0.25, 0.3) is 5.65 Å². The summed E-state index contributed by atoms with van der Waals surface area (Å²) in [6.45, 7) is 9.88. The lowest BCUT2D eigenvalue weighted by Crippen LogP contribution is -2.14. The first-order valence-electron chi connectivity index (χ1n) is 10.1. The molecule has 6 nitrogen and oxygen atoms in total. The van der Waals surface area contributed by atoms with Gasteiger partial charge < -0.3 is 15.4 Å². The number of aromatic nitrogens is 3. The zero-order valence-corrected chi connectivity index (χ0v) is 17.6. The Kier molecular flexibility index (Phi) is 6.52. The number of aryl methyl sites for hydroxylation is 3. The van der Waals surface area contributed by atoms with Crippen LogP contribution in [-0.2, 0) is 17.6 Å². The van der Waals surface area contributed by atoms with Gasteiger partial charge in [0.05, 0.1) is 12.3 Å². The number of methoxy groups -OCH3 is 1. The molecule has 0 bridgehead atoms. The molecule has 0 atom stereocenters. The molecule has 0 aliphatic carbocycles. The Balaban J connectivity index is 2.05. The number of benzene rings is 1. The largest absolute Gasteiger partial charge is 0.383 e. The predicted molar refractivity (Wildman–Crippen MR) is 116 cm³/mol. The normalized spacial score (nSPS) is 11.2. The smallest absolute Gasteiger partial charge is 0.160 e. The molecule has 0 saturated heterocycles. The molecule has 1 aromatic carbocycles. The quantitative estimate of drug-likeness (QED) is 0.528. The second kappa shape index (κ2) is 9.06. The molecule has 150 valence electrons. The summed E-state index contributed by atoms with van der Waals surface area (Å²) in [5.41, 5.74) is 6.61. The fourth-order valence-corrected chi connectivity index (χ4v) is 3.38. The maximum absolute atomic E-state index is 5.20. The van der Waals surface area contributed by atoms with Crippen LogP contribution in [0, 0.1) is 13.8 Å². The van der Waals surface area contributed by atoms with Gasteiger partial charge in [0.15, 0.2) is 5.65 Å². The summed E-state index contributed by atoms with van der Waals surface area (Å²) in [4.78, 5) is 4.88. The maximum Gasteiger partial charge on any atom is 0.160 e. The molecule has 3 rings (SSSR count). The summed E-state index contributed by atoms with van der Waals surface area (Å²) < 4.78 is 7.12. The summed E-state index contributed by atoms with van der Waals surface area (Å²) >= 11 is 0. The van der Waals surface area contributed by atoms with Gasteiger partial charge in [-0.25, -0.2) is 4.98 Å². The SMILES string of the molecule is CCCc1cc2nc(Nc3ccc(C)cc3CC)c(C)c(NCCOC)n2n1. The molecule has 3 aromatic rings. The Hall–Kier alpha value is -2.60. The molecule has 2 N–H and O–H groups in total. The standard InChI is InChI=1S/C22H31N5O/c1-6-8-18-14-20-25-21(24-19-10-9-15(3)13-17(19)7-2)16(4)22(27(20)26-18)23-11-12-28-5/h9-10,13-14,23H,6-8,11-12H2,1-5H3,(H,24,25). The molecule has 0 saturated carbocycles. The van der Waals surface area contributed by atoms with Crippen LogP contribution in [-0.4, -0.2) is 34.9 Å². The maximum atomic E-state index is 5.20. The number of rotatable bonds is 9. The van der Waals surface area contributed by atoms with Crippen molar-refractivity contribution < 1.29 is 4.74 Å². The summed E-state index contributed by atoms with van der Waals surface area (Å²) in [7, 11) is 1.71. The van der Waals surface area contributed by atoms with E-state index < -0.39 is 0 Å². The molecular formula is C22H31N5O. The number of anilines is 3. The van der Waals surface area contributed by atoms with E-state index in [1.807, 2.05) is 4.52 Å². The van der Waals surface area contributed by atoms with E-state index in [1.54, 1.807) is 7.11 Å². The van der Waals surface area contributed by atoms with Crippen LogP contribution in [0.5, 0.6) is 0 Å². The third kappa shape index (κ3) is 4.28. The monoisotopic (exact) mass is 381 g/mol. The second-order valence-electron chi connectivity index (χ2n) is 7.15. The van der Waals surface area contributed by atoms with E-state index in [4.69, 9.17) is 14.8 Å². The minimum absolute atomic E-state index is 0.632. The van der Waals surface area contributed by atoms with E-state index in [0.717, 1.165) is 53.5 Å². The van der Waals surface area contributed by atoms with E-state index in [1.165, 1.54) is 11.1 Å². The lowest BCUT2D eigenvalue weighted by atomic mass is 10.1. The molecule has 0 aliphatic rings. The van der Waals surface area contributed by atoms with Crippen molar-refractivity contribution in [3.8, 4) is 0 Å². The van der Waals surface area contributed by atoms with Crippen molar-refractivity contribution in [2.24, 2.45) is 0 Å². The summed E-state index contributed by atoms with van der Waals surface area (Å²) in [5, 5.41) is 11.8. The first-order chi connectivity index (χ1) is 13.6. The first kappa shape index (κ1) is 20.1. The van der Waals surface area contributed by atoms with Crippen molar-refractivity contribution in [3.05, 3.63) is 46.6 Å². The molecule has 2 aromatic heterocycles. The highest BCUT2D eigenvalue weighted by atomic mass is 16.5. The van der Waals surface area contributed by atoms with E-state index in [-0.39, 0.29) is 0 Å². The minimum Gasteiger partial charge on any atom is -0.383 e. The lowest BCUT2D eigenvalue weighted by Gasteiger charge is -2.17. The summed E-state index contributed by atoms with van der Waals surface area (Å²) in [6, 6.07) is 8.57. The van der Waals surface area contributed by atoms with Gasteiger partial charge in [0.2, 0.25) is 0 Å². The van der Waals surface area contributed by atoms with Crippen molar-refractivity contribution in [1.29, 1.82) is 0 Å². The number of hydrogen-bond donors (Lipinski definition) is 2. The zero-order chi connectivity index (χ0) is 20.1. The predicted octanol–water partition coefficient (Wildman–Crippen LogP) is 4.66. The minimum atomic E-state index is 0.632. The van der Waals surface area contributed by atoms with Gasteiger partial charge in [-0.05, 0) is 38.3 Å². The molecule has 0 spiro atoms. The Bertz CT molecular complexity index is 948. The van der Waals surface area contributed by atoms with E-state index in [2.05, 4.69) is 62.6 Å². The molecule has 0 amide bonds. The van der Waals surface area contributed by atoms with E-state index in [9.17, 15) is 0 Å². The van der Waals surface area contributed by atoms with Gasteiger partial charge >= 0.3 is 0 Å². The van der Waals surface area contributed by atoms with Crippen molar-refractivity contribution in [2.45, 2.75) is 47.0 Å². The molecule has 0 fully saturated rings. The average molecular weight is 382 g/mol. The Labute approximate surface area is 167 Å². The third-order valence-electron chi connectivity index (χ3n) is 4.89. The van der Waals surface area contributed by atoms with E-state index >= 15 is 0 Å². The number of nitrogens with one attached hydrogen (secondary N) is 2. The van der Waals surface area contributed by atoms with Crippen molar-refractivity contribution in [1.82, 2.24) is 14.6 Å². The number of ether oxygens (including phenoxy) is 1. The van der Waals surface area contributed by atoms with Crippen molar-refractivity contribution in [3.63, 3.8) is 0 Å². The van der Waals surface area contributed by atoms with Gasteiger partial charge in [-0.3, -0.25) is 0 Å². The molecular weight excluding hydrogens is 350 g/mol. The molecule has 6 heteroatoms. The van der Waals surface area contributed by atoms with Gasteiger partial charge in [-0.1, -0.05) is 38.0 Å². The Morgan fingerprint density at radius 1 is 1.14 bits per heavy atom. The van der Waals surface area contributed by atoms with Crippen LogP contribution < -0.4 is 10.6 Å². The van der Waals surface area contributed by atoms with Crippen LogP contribution >= 0.6 is 0 Å². The highest BCUT2D eigenvalue weighted by Gasteiger charge is 2.15. The first-order valence-corrected chi connectivity index (χ1v) is 10.1. The van der Waals surface area contributed by atoms with Crippen LogP contribution in [0.3, 0.4) is 0 Å². The molecule has 0 unspecified atom stereocenters.